The van der Waals surface area contributed by atoms with E-state index < -0.39 is 0 Å². The van der Waals surface area contributed by atoms with Gasteiger partial charge in [-0.3, -0.25) is 4.79 Å². The number of halogens is 2. The van der Waals surface area contributed by atoms with Gasteiger partial charge in [-0.15, -0.1) is 22.9 Å². The van der Waals surface area contributed by atoms with Crippen LogP contribution in [0.2, 0.25) is 0 Å². The lowest BCUT2D eigenvalue weighted by atomic mass is 9.80. The molecular formula is C13H17BrClNOS. The van der Waals surface area contributed by atoms with Crippen molar-refractivity contribution in [3.63, 3.8) is 0 Å². The average Bonchev–Trinajstić information content (AvgIpc) is 2.83. The topological polar surface area (TPSA) is 29.1 Å². The minimum Gasteiger partial charge on any atom is -0.352 e. The molecule has 0 radical (unpaired) electrons. The van der Waals surface area contributed by atoms with Gasteiger partial charge in [0.1, 0.15) is 0 Å². The molecule has 0 spiro atoms. The molecule has 0 saturated heterocycles. The molecule has 1 aliphatic carbocycles. The van der Waals surface area contributed by atoms with Crippen LogP contribution >= 0.6 is 38.9 Å². The summed E-state index contributed by atoms with van der Waals surface area (Å²) in [6.07, 6.45) is 4.93. The monoisotopic (exact) mass is 349 g/mol. The molecule has 1 heterocycles. The van der Waals surface area contributed by atoms with Crippen LogP contribution in [0.15, 0.2) is 15.2 Å². The van der Waals surface area contributed by atoms with Crippen molar-refractivity contribution in [1.82, 2.24) is 5.32 Å². The Morgan fingerprint density at radius 3 is 2.78 bits per heavy atom. The summed E-state index contributed by atoms with van der Waals surface area (Å²) in [5.41, 5.74) is 0.741. The van der Waals surface area contributed by atoms with E-state index in [0.29, 0.717) is 17.7 Å². The quantitative estimate of drug-likeness (QED) is 0.807. The Morgan fingerprint density at radius 2 is 2.17 bits per heavy atom. The largest absolute Gasteiger partial charge is 0.352 e. The van der Waals surface area contributed by atoms with Crippen molar-refractivity contribution < 1.29 is 4.79 Å². The fraction of sp³-hybridized carbons (Fsp3) is 0.615. The lowest BCUT2D eigenvalue weighted by Crippen LogP contribution is -2.34. The van der Waals surface area contributed by atoms with E-state index in [4.69, 9.17) is 11.6 Å². The van der Waals surface area contributed by atoms with Gasteiger partial charge in [0, 0.05) is 17.8 Å². The molecule has 1 N–H and O–H groups in total. The molecule has 0 aliphatic heterocycles. The second kappa shape index (κ2) is 6.92. The van der Waals surface area contributed by atoms with E-state index in [-0.39, 0.29) is 5.91 Å². The first-order chi connectivity index (χ1) is 8.70. The summed E-state index contributed by atoms with van der Waals surface area (Å²) in [6.45, 7) is 0.754. The smallest absolute Gasteiger partial charge is 0.252 e. The Morgan fingerprint density at radius 1 is 1.44 bits per heavy atom. The van der Waals surface area contributed by atoms with E-state index in [1.807, 2.05) is 11.4 Å². The maximum atomic E-state index is 11.9. The van der Waals surface area contributed by atoms with Crippen LogP contribution in [0.25, 0.3) is 0 Å². The lowest BCUT2D eigenvalue weighted by molar-refractivity contribution is 0.0937. The molecule has 1 aromatic heterocycles. The van der Waals surface area contributed by atoms with Gasteiger partial charge in [0.2, 0.25) is 0 Å². The molecule has 1 fully saturated rings. The third-order valence-electron chi connectivity index (χ3n) is 3.62. The maximum absolute atomic E-state index is 11.9. The van der Waals surface area contributed by atoms with Gasteiger partial charge < -0.3 is 5.32 Å². The zero-order valence-electron chi connectivity index (χ0n) is 10.1. The molecule has 5 heteroatoms. The van der Waals surface area contributed by atoms with Crippen molar-refractivity contribution in [3.8, 4) is 0 Å². The van der Waals surface area contributed by atoms with Gasteiger partial charge in [-0.25, -0.2) is 0 Å². The number of nitrogens with one attached hydrogen (secondary N) is 1. The second-order valence-electron chi connectivity index (χ2n) is 4.81. The molecule has 0 aromatic carbocycles. The van der Waals surface area contributed by atoms with Crippen LogP contribution in [-0.2, 0) is 0 Å². The molecule has 18 heavy (non-hydrogen) atoms. The van der Waals surface area contributed by atoms with Crippen LogP contribution in [0, 0.1) is 11.8 Å². The third-order valence-corrected chi connectivity index (χ3v) is 5.52. The number of alkyl halides is 1. The number of carbonyl (C=O) groups excluding carboxylic acids is 1. The van der Waals surface area contributed by atoms with Gasteiger partial charge in [0.05, 0.1) is 9.35 Å². The molecule has 1 saturated carbocycles. The molecule has 2 nitrogen and oxygen atoms in total. The Hall–Kier alpha value is -0.0600. The van der Waals surface area contributed by atoms with E-state index >= 15 is 0 Å². The first-order valence-electron chi connectivity index (χ1n) is 6.29. The van der Waals surface area contributed by atoms with Crippen LogP contribution in [-0.4, -0.2) is 18.3 Å². The first kappa shape index (κ1) is 14.4. The highest BCUT2D eigenvalue weighted by atomic mass is 79.9. The number of hydrogen-bond donors (Lipinski definition) is 1. The molecule has 1 amide bonds. The number of hydrogen-bond acceptors (Lipinski definition) is 2. The fourth-order valence-corrected chi connectivity index (χ4v) is 4.05. The molecule has 1 aliphatic rings. The zero-order valence-corrected chi connectivity index (χ0v) is 13.3. The standard InChI is InChI=1S/C13H17BrClNOS/c14-12-5-11(8-18-12)13(17)16-7-10-4-2-1-3-9(10)6-15/h5,8-10H,1-4,6-7H2,(H,16,17). The minimum absolute atomic E-state index is 0.0239. The van der Waals surface area contributed by atoms with Crippen molar-refractivity contribution in [2.75, 3.05) is 12.4 Å². The van der Waals surface area contributed by atoms with Crippen molar-refractivity contribution >= 4 is 44.8 Å². The summed E-state index contributed by atoms with van der Waals surface area (Å²) < 4.78 is 0.990. The SMILES string of the molecule is O=C(NCC1CCCCC1CCl)c1csc(Br)c1. The highest BCUT2D eigenvalue weighted by Crippen LogP contribution is 2.30. The molecule has 100 valence electrons. The van der Waals surface area contributed by atoms with Gasteiger partial charge in [-0.05, 0) is 46.7 Å². The van der Waals surface area contributed by atoms with Crippen LogP contribution < -0.4 is 5.32 Å². The summed E-state index contributed by atoms with van der Waals surface area (Å²) in [5.74, 6) is 1.85. The van der Waals surface area contributed by atoms with Gasteiger partial charge in [0.15, 0.2) is 0 Å². The molecule has 1 aromatic rings. The summed E-state index contributed by atoms with van der Waals surface area (Å²) >= 11 is 10.9. The number of amides is 1. The van der Waals surface area contributed by atoms with Crippen LogP contribution in [0.4, 0.5) is 0 Å². The normalized spacial score (nSPS) is 23.9. The van der Waals surface area contributed by atoms with Gasteiger partial charge in [-0.2, -0.15) is 0 Å². The summed E-state index contributed by atoms with van der Waals surface area (Å²) in [6, 6.07) is 1.86. The minimum atomic E-state index is 0.0239. The van der Waals surface area contributed by atoms with Gasteiger partial charge in [0.25, 0.3) is 5.91 Å². The van der Waals surface area contributed by atoms with E-state index in [9.17, 15) is 4.79 Å². The molecule has 0 bridgehead atoms. The zero-order chi connectivity index (χ0) is 13.0. The number of rotatable bonds is 4. The second-order valence-corrected chi connectivity index (χ2v) is 7.41. The molecule has 2 unspecified atom stereocenters. The highest BCUT2D eigenvalue weighted by molar-refractivity contribution is 9.11. The highest BCUT2D eigenvalue weighted by Gasteiger charge is 2.24. The molecule has 2 rings (SSSR count). The Bertz CT molecular complexity index is 409. The van der Waals surface area contributed by atoms with E-state index in [2.05, 4.69) is 21.2 Å². The van der Waals surface area contributed by atoms with Crippen LogP contribution in [0.5, 0.6) is 0 Å². The van der Waals surface area contributed by atoms with Gasteiger partial charge in [-0.1, -0.05) is 12.8 Å². The van der Waals surface area contributed by atoms with Crippen molar-refractivity contribution in [2.45, 2.75) is 25.7 Å². The molecular weight excluding hydrogens is 334 g/mol. The number of carbonyl (C=O) groups is 1. The average molecular weight is 351 g/mol. The predicted molar refractivity (Wildman–Crippen MR) is 80.5 cm³/mol. The van der Waals surface area contributed by atoms with Crippen LogP contribution in [0.1, 0.15) is 36.0 Å². The van der Waals surface area contributed by atoms with Gasteiger partial charge >= 0.3 is 0 Å². The summed E-state index contributed by atoms with van der Waals surface area (Å²) in [4.78, 5) is 11.9. The predicted octanol–water partition coefficient (Wildman–Crippen LogP) is 4.29. The van der Waals surface area contributed by atoms with E-state index in [1.54, 1.807) is 0 Å². The Kier molecular flexibility index (Phi) is 5.52. The maximum Gasteiger partial charge on any atom is 0.252 e. The van der Waals surface area contributed by atoms with Crippen molar-refractivity contribution in [1.29, 1.82) is 0 Å². The lowest BCUT2D eigenvalue weighted by Gasteiger charge is -2.30. The summed E-state index contributed by atoms with van der Waals surface area (Å²) in [7, 11) is 0. The summed E-state index contributed by atoms with van der Waals surface area (Å²) in [5, 5.41) is 4.91. The van der Waals surface area contributed by atoms with Crippen LogP contribution in [0.3, 0.4) is 0 Å². The van der Waals surface area contributed by atoms with E-state index in [1.165, 1.54) is 37.0 Å². The third kappa shape index (κ3) is 3.72. The first-order valence-corrected chi connectivity index (χ1v) is 8.49. The Labute approximate surface area is 125 Å². The van der Waals surface area contributed by atoms with E-state index in [0.717, 1.165) is 15.9 Å². The van der Waals surface area contributed by atoms with Crippen molar-refractivity contribution in [2.24, 2.45) is 11.8 Å². The number of thiophene rings is 1. The molecule has 2 atom stereocenters. The Balaban J connectivity index is 1.85. The fourth-order valence-electron chi connectivity index (χ4n) is 2.51. The van der Waals surface area contributed by atoms with Crippen molar-refractivity contribution in [3.05, 3.63) is 20.8 Å².